The van der Waals surface area contributed by atoms with Crippen LogP contribution in [0, 0.1) is 5.41 Å². The zero-order valence-corrected chi connectivity index (χ0v) is 9.57. The summed E-state index contributed by atoms with van der Waals surface area (Å²) in [5, 5.41) is 18.7. The van der Waals surface area contributed by atoms with Gasteiger partial charge in [-0.05, 0) is 12.8 Å². The molecule has 0 aromatic heterocycles. The van der Waals surface area contributed by atoms with Crippen LogP contribution in [0.1, 0.15) is 33.1 Å². The van der Waals surface area contributed by atoms with Crippen LogP contribution < -0.4 is 0 Å². The number of likely N-dealkylation sites (tertiary alicyclic amines) is 1. The maximum absolute atomic E-state index is 11.5. The highest BCUT2D eigenvalue weighted by Gasteiger charge is 2.35. The maximum Gasteiger partial charge on any atom is 0.225 e. The van der Waals surface area contributed by atoms with Crippen LogP contribution in [-0.2, 0) is 4.79 Å². The average Bonchev–Trinajstić information content (AvgIpc) is 2.54. The van der Waals surface area contributed by atoms with Crippen molar-refractivity contribution in [2.45, 2.75) is 39.2 Å². The van der Waals surface area contributed by atoms with Gasteiger partial charge in [-0.2, -0.15) is 0 Å². The topological polar surface area (TPSA) is 60.8 Å². The van der Waals surface area contributed by atoms with Crippen molar-refractivity contribution in [3.63, 3.8) is 0 Å². The highest BCUT2D eigenvalue weighted by Crippen LogP contribution is 2.28. The Morgan fingerprint density at radius 3 is 2.40 bits per heavy atom. The van der Waals surface area contributed by atoms with Crippen molar-refractivity contribution in [1.29, 1.82) is 0 Å². The van der Waals surface area contributed by atoms with Gasteiger partial charge in [0.25, 0.3) is 0 Å². The van der Waals surface area contributed by atoms with E-state index < -0.39 is 6.10 Å². The third kappa shape index (κ3) is 2.69. The number of carbonyl (C=O) groups excluding carboxylic acids is 1. The van der Waals surface area contributed by atoms with Gasteiger partial charge in [0, 0.05) is 18.5 Å². The molecule has 1 heterocycles. The SMILES string of the molecule is CCC(CC)(CO)CN1CC(O)CC1=O. The highest BCUT2D eigenvalue weighted by atomic mass is 16.3. The summed E-state index contributed by atoms with van der Waals surface area (Å²) in [7, 11) is 0. The Balaban J connectivity index is 2.62. The fraction of sp³-hybridized carbons (Fsp3) is 0.909. The van der Waals surface area contributed by atoms with E-state index >= 15 is 0 Å². The van der Waals surface area contributed by atoms with Gasteiger partial charge in [-0.25, -0.2) is 0 Å². The minimum Gasteiger partial charge on any atom is -0.396 e. The minimum absolute atomic E-state index is 0.00206. The van der Waals surface area contributed by atoms with Gasteiger partial charge in [-0.3, -0.25) is 4.79 Å². The lowest BCUT2D eigenvalue weighted by atomic mass is 9.83. The lowest BCUT2D eigenvalue weighted by Gasteiger charge is -2.33. The normalized spacial score (nSPS) is 22.5. The molecule has 0 aromatic rings. The molecule has 0 aliphatic carbocycles. The van der Waals surface area contributed by atoms with Gasteiger partial charge < -0.3 is 15.1 Å². The van der Waals surface area contributed by atoms with Crippen molar-refractivity contribution in [1.82, 2.24) is 4.90 Å². The largest absolute Gasteiger partial charge is 0.396 e. The molecule has 1 atom stereocenters. The van der Waals surface area contributed by atoms with E-state index in [-0.39, 0.29) is 24.3 Å². The Morgan fingerprint density at radius 1 is 1.47 bits per heavy atom. The number of hydrogen-bond acceptors (Lipinski definition) is 3. The second kappa shape index (κ2) is 4.94. The Kier molecular flexibility index (Phi) is 4.11. The minimum atomic E-state index is -0.525. The molecule has 1 aliphatic rings. The molecule has 88 valence electrons. The van der Waals surface area contributed by atoms with Gasteiger partial charge in [0.1, 0.15) is 0 Å². The number of carbonyl (C=O) groups is 1. The van der Waals surface area contributed by atoms with E-state index in [1.54, 1.807) is 4.90 Å². The van der Waals surface area contributed by atoms with Gasteiger partial charge in [-0.1, -0.05) is 13.8 Å². The summed E-state index contributed by atoms with van der Waals surface area (Å²) in [6, 6.07) is 0. The van der Waals surface area contributed by atoms with Crippen LogP contribution in [0.2, 0.25) is 0 Å². The summed E-state index contributed by atoms with van der Waals surface area (Å²) < 4.78 is 0. The lowest BCUT2D eigenvalue weighted by Crippen LogP contribution is -2.40. The Labute approximate surface area is 90.9 Å². The van der Waals surface area contributed by atoms with E-state index in [1.165, 1.54) is 0 Å². The summed E-state index contributed by atoms with van der Waals surface area (Å²) in [5.41, 5.74) is -0.195. The molecule has 0 spiro atoms. The summed E-state index contributed by atoms with van der Waals surface area (Å²) in [6.45, 7) is 5.13. The molecular formula is C11H21NO3. The Hall–Kier alpha value is -0.610. The molecule has 1 amide bonds. The summed E-state index contributed by atoms with van der Waals surface area (Å²) in [6.07, 6.45) is 1.40. The number of aliphatic hydroxyl groups is 2. The lowest BCUT2D eigenvalue weighted by molar-refractivity contribution is -0.129. The molecule has 2 N–H and O–H groups in total. The van der Waals surface area contributed by atoms with Crippen molar-refractivity contribution in [3.8, 4) is 0 Å². The molecule has 0 aromatic carbocycles. The number of rotatable bonds is 5. The third-order valence-electron chi connectivity index (χ3n) is 3.56. The van der Waals surface area contributed by atoms with Crippen LogP contribution in [0.4, 0.5) is 0 Å². The molecule has 0 radical (unpaired) electrons. The van der Waals surface area contributed by atoms with Crippen molar-refractivity contribution >= 4 is 5.91 Å². The first-order valence-corrected chi connectivity index (χ1v) is 5.63. The van der Waals surface area contributed by atoms with E-state index in [4.69, 9.17) is 0 Å². The zero-order chi connectivity index (χ0) is 11.5. The Bertz CT molecular complexity index is 218. The van der Waals surface area contributed by atoms with Crippen molar-refractivity contribution in [2.75, 3.05) is 19.7 Å². The maximum atomic E-state index is 11.5. The predicted octanol–water partition coefficient (Wildman–Crippen LogP) is 0.378. The quantitative estimate of drug-likeness (QED) is 0.697. The third-order valence-corrected chi connectivity index (χ3v) is 3.56. The van der Waals surface area contributed by atoms with Crippen LogP contribution in [0.25, 0.3) is 0 Å². The molecule has 15 heavy (non-hydrogen) atoms. The molecular weight excluding hydrogens is 194 g/mol. The molecule has 1 saturated heterocycles. The fourth-order valence-electron chi connectivity index (χ4n) is 2.06. The second-order valence-electron chi connectivity index (χ2n) is 4.50. The second-order valence-corrected chi connectivity index (χ2v) is 4.50. The van der Waals surface area contributed by atoms with E-state index in [1.807, 2.05) is 13.8 Å². The smallest absolute Gasteiger partial charge is 0.225 e. The van der Waals surface area contributed by atoms with Gasteiger partial charge in [0.15, 0.2) is 0 Å². The monoisotopic (exact) mass is 215 g/mol. The zero-order valence-electron chi connectivity index (χ0n) is 9.57. The summed E-state index contributed by atoms with van der Waals surface area (Å²) in [5.74, 6) is 0.00206. The Morgan fingerprint density at radius 2 is 2.07 bits per heavy atom. The van der Waals surface area contributed by atoms with Crippen LogP contribution in [-0.4, -0.2) is 46.8 Å². The predicted molar refractivity (Wildman–Crippen MR) is 57.3 cm³/mol. The number of aliphatic hydroxyl groups excluding tert-OH is 2. The van der Waals surface area contributed by atoms with Crippen LogP contribution in [0.15, 0.2) is 0 Å². The molecule has 4 heteroatoms. The molecule has 4 nitrogen and oxygen atoms in total. The number of hydrogen-bond donors (Lipinski definition) is 2. The fourth-order valence-corrected chi connectivity index (χ4v) is 2.06. The van der Waals surface area contributed by atoms with Crippen LogP contribution in [0.3, 0.4) is 0 Å². The number of nitrogens with zero attached hydrogens (tertiary/aromatic N) is 1. The number of amides is 1. The molecule has 1 unspecified atom stereocenters. The summed E-state index contributed by atoms with van der Waals surface area (Å²) >= 11 is 0. The van der Waals surface area contributed by atoms with Gasteiger partial charge in [0.2, 0.25) is 5.91 Å². The van der Waals surface area contributed by atoms with E-state index in [0.29, 0.717) is 13.1 Å². The molecule has 0 saturated carbocycles. The average molecular weight is 215 g/mol. The molecule has 1 fully saturated rings. The molecule has 0 bridgehead atoms. The first kappa shape index (κ1) is 12.5. The first-order chi connectivity index (χ1) is 7.06. The van der Waals surface area contributed by atoms with Gasteiger partial charge in [0.05, 0.1) is 19.1 Å². The van der Waals surface area contributed by atoms with Gasteiger partial charge >= 0.3 is 0 Å². The summed E-state index contributed by atoms with van der Waals surface area (Å²) in [4.78, 5) is 13.2. The van der Waals surface area contributed by atoms with E-state index in [0.717, 1.165) is 12.8 Å². The van der Waals surface area contributed by atoms with Crippen LogP contribution in [0.5, 0.6) is 0 Å². The van der Waals surface area contributed by atoms with E-state index in [9.17, 15) is 15.0 Å². The first-order valence-electron chi connectivity index (χ1n) is 5.63. The highest BCUT2D eigenvalue weighted by molar-refractivity contribution is 5.79. The van der Waals surface area contributed by atoms with Crippen molar-refractivity contribution in [2.24, 2.45) is 5.41 Å². The van der Waals surface area contributed by atoms with Crippen LogP contribution >= 0.6 is 0 Å². The van der Waals surface area contributed by atoms with Crippen molar-refractivity contribution < 1.29 is 15.0 Å². The number of β-amino-alcohol motifs (C(OH)–C–C–N with tert-alkyl or cyclic N) is 1. The van der Waals surface area contributed by atoms with Gasteiger partial charge in [-0.15, -0.1) is 0 Å². The standard InChI is InChI=1S/C11H21NO3/c1-3-11(4-2,8-13)7-12-6-9(14)5-10(12)15/h9,13-14H,3-8H2,1-2H3. The molecule has 1 rings (SSSR count). The van der Waals surface area contributed by atoms with Crippen molar-refractivity contribution in [3.05, 3.63) is 0 Å². The molecule has 1 aliphatic heterocycles. The van der Waals surface area contributed by atoms with E-state index in [2.05, 4.69) is 0 Å².